The Morgan fingerprint density at radius 2 is 1.89 bits per heavy atom. The molecule has 0 amide bonds. The predicted molar refractivity (Wildman–Crippen MR) is 86.5 cm³/mol. The van der Waals surface area contributed by atoms with E-state index in [9.17, 15) is 0 Å². The smallest absolute Gasteiger partial charge is 0.0101 e. The van der Waals surface area contributed by atoms with Gasteiger partial charge in [0.1, 0.15) is 0 Å². The van der Waals surface area contributed by atoms with Crippen LogP contribution < -0.4 is 5.32 Å². The average Bonchev–Trinajstić information content (AvgIpc) is 2.28. The molecule has 1 N–H and O–H groups in total. The molecule has 0 saturated heterocycles. The predicted octanol–water partition coefficient (Wildman–Crippen LogP) is 5.40. The highest BCUT2D eigenvalue weighted by atomic mass is 14.9. The molecule has 0 aliphatic heterocycles. The maximum atomic E-state index is 3.87. The minimum Gasteiger partial charge on any atom is -0.314 e. The Balaban J connectivity index is 2.65. The summed E-state index contributed by atoms with van der Waals surface area (Å²) in [6, 6.07) is 0.731. The van der Waals surface area contributed by atoms with E-state index in [0.717, 1.165) is 12.0 Å². The highest BCUT2D eigenvalue weighted by Gasteiger charge is 2.37. The quantitative estimate of drug-likeness (QED) is 0.679. The Morgan fingerprint density at radius 1 is 1.21 bits per heavy atom. The van der Waals surface area contributed by atoms with Crippen molar-refractivity contribution in [3.05, 3.63) is 0 Å². The molecule has 2 atom stereocenters. The van der Waals surface area contributed by atoms with Crippen molar-refractivity contribution >= 4 is 0 Å². The molecular weight excluding hydrogens is 230 g/mol. The number of hydrogen-bond donors (Lipinski definition) is 1. The summed E-state index contributed by atoms with van der Waals surface area (Å²) in [5, 5.41) is 3.87. The molecular formula is C18H37N. The van der Waals surface area contributed by atoms with Crippen LogP contribution in [0.3, 0.4) is 0 Å². The zero-order valence-corrected chi connectivity index (χ0v) is 14.3. The fourth-order valence-electron chi connectivity index (χ4n) is 3.63. The first-order valence-corrected chi connectivity index (χ1v) is 8.49. The van der Waals surface area contributed by atoms with Crippen LogP contribution in [0.1, 0.15) is 86.5 Å². The summed E-state index contributed by atoms with van der Waals surface area (Å²) in [5.41, 5.74) is 0.993. The van der Waals surface area contributed by atoms with E-state index in [-0.39, 0.29) is 0 Å². The van der Waals surface area contributed by atoms with Crippen LogP contribution in [0, 0.1) is 16.7 Å². The Bertz CT molecular complexity index is 249. The second-order valence-corrected chi connectivity index (χ2v) is 8.50. The van der Waals surface area contributed by atoms with Crippen molar-refractivity contribution in [2.75, 3.05) is 6.54 Å². The fraction of sp³-hybridized carbons (Fsp3) is 1.00. The largest absolute Gasteiger partial charge is 0.314 e. The molecule has 0 radical (unpaired) electrons. The minimum absolute atomic E-state index is 0.463. The molecule has 0 spiro atoms. The molecule has 19 heavy (non-hydrogen) atoms. The molecule has 114 valence electrons. The van der Waals surface area contributed by atoms with Gasteiger partial charge in [0.15, 0.2) is 0 Å². The van der Waals surface area contributed by atoms with Crippen LogP contribution >= 0.6 is 0 Å². The Labute approximate surface area is 121 Å². The molecule has 1 heteroatoms. The maximum absolute atomic E-state index is 3.87. The Hall–Kier alpha value is -0.0400. The van der Waals surface area contributed by atoms with E-state index in [2.05, 4.69) is 46.9 Å². The van der Waals surface area contributed by atoms with Crippen molar-refractivity contribution < 1.29 is 0 Å². The van der Waals surface area contributed by atoms with Crippen molar-refractivity contribution in [1.29, 1.82) is 0 Å². The van der Waals surface area contributed by atoms with Gasteiger partial charge in [-0.3, -0.25) is 0 Å². The summed E-state index contributed by atoms with van der Waals surface area (Å²) in [5.74, 6) is 0.871. The van der Waals surface area contributed by atoms with Gasteiger partial charge in [0.25, 0.3) is 0 Å². The molecule has 0 aromatic heterocycles. The van der Waals surface area contributed by atoms with Crippen molar-refractivity contribution in [2.45, 2.75) is 92.5 Å². The van der Waals surface area contributed by atoms with E-state index in [1.54, 1.807) is 0 Å². The topological polar surface area (TPSA) is 12.0 Å². The third kappa shape index (κ3) is 5.85. The van der Waals surface area contributed by atoms with Crippen molar-refractivity contribution in [3.8, 4) is 0 Å². The van der Waals surface area contributed by atoms with Gasteiger partial charge in [-0.15, -0.1) is 0 Å². The second-order valence-electron chi connectivity index (χ2n) is 8.50. The van der Waals surface area contributed by atoms with E-state index in [1.165, 1.54) is 51.5 Å². The molecule has 0 aromatic rings. The third-order valence-corrected chi connectivity index (χ3v) is 4.94. The molecule has 1 nitrogen and oxygen atoms in total. The first kappa shape index (κ1) is 17.0. The summed E-state index contributed by atoms with van der Waals surface area (Å²) < 4.78 is 0. The Kier molecular flexibility index (Phi) is 6.36. The van der Waals surface area contributed by atoms with Crippen LogP contribution in [0.5, 0.6) is 0 Å². The van der Waals surface area contributed by atoms with Crippen LogP contribution in [0.15, 0.2) is 0 Å². The molecule has 2 unspecified atom stereocenters. The van der Waals surface area contributed by atoms with Crippen LogP contribution in [-0.4, -0.2) is 12.6 Å². The molecule has 1 fully saturated rings. The molecule has 1 aliphatic rings. The van der Waals surface area contributed by atoms with E-state index in [0.29, 0.717) is 10.8 Å². The summed E-state index contributed by atoms with van der Waals surface area (Å²) in [6.07, 6.45) is 9.64. The summed E-state index contributed by atoms with van der Waals surface area (Å²) in [6.45, 7) is 15.6. The zero-order chi connectivity index (χ0) is 14.5. The minimum atomic E-state index is 0.463. The van der Waals surface area contributed by atoms with E-state index in [1.807, 2.05) is 0 Å². The highest BCUT2D eigenvalue weighted by molar-refractivity contribution is 4.91. The van der Waals surface area contributed by atoms with Crippen LogP contribution in [0.2, 0.25) is 0 Å². The van der Waals surface area contributed by atoms with Gasteiger partial charge >= 0.3 is 0 Å². The standard InChI is InChI=1S/C18H37N/c1-7-14-19-16(11-13-17(2,3)4)15-10-8-9-12-18(15,5)6/h15-16,19H,7-14H2,1-6H3. The average molecular weight is 268 g/mol. The molecule has 0 aromatic carbocycles. The van der Waals surface area contributed by atoms with Crippen molar-refractivity contribution in [2.24, 2.45) is 16.7 Å². The van der Waals surface area contributed by atoms with Gasteiger partial charge < -0.3 is 5.32 Å². The maximum Gasteiger partial charge on any atom is 0.0101 e. The van der Waals surface area contributed by atoms with Gasteiger partial charge in [-0.1, -0.05) is 54.4 Å². The van der Waals surface area contributed by atoms with Gasteiger partial charge in [-0.05, 0) is 55.4 Å². The van der Waals surface area contributed by atoms with E-state index >= 15 is 0 Å². The van der Waals surface area contributed by atoms with Crippen LogP contribution in [0.25, 0.3) is 0 Å². The summed E-state index contributed by atoms with van der Waals surface area (Å²) in [7, 11) is 0. The van der Waals surface area contributed by atoms with Crippen LogP contribution in [0.4, 0.5) is 0 Å². The normalized spacial score (nSPS) is 25.3. The highest BCUT2D eigenvalue weighted by Crippen LogP contribution is 2.43. The first-order chi connectivity index (χ1) is 8.76. The van der Waals surface area contributed by atoms with E-state index < -0.39 is 0 Å². The summed E-state index contributed by atoms with van der Waals surface area (Å²) in [4.78, 5) is 0. The van der Waals surface area contributed by atoms with Crippen molar-refractivity contribution in [1.82, 2.24) is 5.32 Å². The zero-order valence-electron chi connectivity index (χ0n) is 14.3. The molecule has 1 aliphatic carbocycles. The molecule has 0 heterocycles. The van der Waals surface area contributed by atoms with Gasteiger partial charge in [-0.2, -0.15) is 0 Å². The summed E-state index contributed by atoms with van der Waals surface area (Å²) >= 11 is 0. The lowest BCUT2D eigenvalue weighted by molar-refractivity contribution is 0.0894. The number of nitrogens with one attached hydrogen (secondary N) is 1. The van der Waals surface area contributed by atoms with E-state index in [4.69, 9.17) is 0 Å². The second kappa shape index (κ2) is 7.11. The molecule has 0 bridgehead atoms. The monoisotopic (exact) mass is 267 g/mol. The molecule has 1 saturated carbocycles. The lowest BCUT2D eigenvalue weighted by Gasteiger charge is -2.44. The molecule has 1 rings (SSSR count). The Morgan fingerprint density at radius 3 is 2.42 bits per heavy atom. The van der Waals surface area contributed by atoms with Crippen molar-refractivity contribution in [3.63, 3.8) is 0 Å². The lowest BCUT2D eigenvalue weighted by Crippen LogP contribution is -2.45. The van der Waals surface area contributed by atoms with Gasteiger partial charge in [0.2, 0.25) is 0 Å². The lowest BCUT2D eigenvalue weighted by atomic mass is 9.64. The van der Waals surface area contributed by atoms with Gasteiger partial charge in [0, 0.05) is 6.04 Å². The van der Waals surface area contributed by atoms with Crippen LogP contribution in [-0.2, 0) is 0 Å². The third-order valence-electron chi connectivity index (χ3n) is 4.94. The SMILES string of the molecule is CCCNC(CCC(C)(C)C)C1CCCCC1(C)C. The number of rotatable bonds is 6. The number of hydrogen-bond acceptors (Lipinski definition) is 1. The van der Waals surface area contributed by atoms with Gasteiger partial charge in [-0.25, -0.2) is 0 Å². The first-order valence-electron chi connectivity index (χ1n) is 8.49. The fourth-order valence-corrected chi connectivity index (χ4v) is 3.63. The van der Waals surface area contributed by atoms with Gasteiger partial charge in [0.05, 0.1) is 0 Å².